The molecule has 0 aromatic carbocycles. The molecule has 1 aromatic rings. The Labute approximate surface area is 55.5 Å². The Hall–Kier alpha value is -0.970. The van der Waals surface area contributed by atoms with Crippen molar-refractivity contribution < 1.29 is 9.30 Å². The molecule has 0 spiro atoms. The maximum absolute atomic E-state index is 10.1. The highest BCUT2D eigenvalue weighted by Gasteiger charge is 2.17. The third-order valence-electron chi connectivity index (χ3n) is 0.963. The molecule has 4 nitrogen and oxygen atoms in total. The number of hydrogen-bond acceptors (Lipinski definition) is 3. The van der Waals surface area contributed by atoms with E-state index >= 15 is 0 Å². The molecule has 0 aliphatic heterocycles. The van der Waals surface area contributed by atoms with Gasteiger partial charge in [-0.15, -0.1) is 4.37 Å². The normalized spacial score (nSPS) is 9.44. The summed E-state index contributed by atoms with van der Waals surface area (Å²) >= 11 is 1.23. The van der Waals surface area contributed by atoms with Crippen LogP contribution < -0.4 is 4.37 Å². The SMILES string of the molecule is Cc1[nH+]scc1[N+](=O)[O-]. The van der Waals surface area contributed by atoms with E-state index < -0.39 is 4.92 Å². The quantitative estimate of drug-likeness (QED) is 0.433. The van der Waals surface area contributed by atoms with E-state index in [2.05, 4.69) is 4.37 Å². The van der Waals surface area contributed by atoms with Gasteiger partial charge in [-0.05, 0) is 0 Å². The van der Waals surface area contributed by atoms with Crippen molar-refractivity contribution in [3.8, 4) is 0 Å². The summed E-state index contributed by atoms with van der Waals surface area (Å²) in [5.74, 6) is 0. The fourth-order valence-electron chi connectivity index (χ4n) is 0.494. The van der Waals surface area contributed by atoms with Crippen LogP contribution in [0.25, 0.3) is 0 Å². The molecule has 0 aliphatic carbocycles. The van der Waals surface area contributed by atoms with Crippen LogP contribution in [0.1, 0.15) is 5.69 Å². The molecule has 1 aromatic heterocycles. The maximum atomic E-state index is 10.1. The second-order valence-electron chi connectivity index (χ2n) is 1.61. The molecule has 1 heterocycles. The van der Waals surface area contributed by atoms with Gasteiger partial charge in [-0.25, -0.2) is 0 Å². The molecule has 5 heteroatoms. The van der Waals surface area contributed by atoms with Gasteiger partial charge in [0.15, 0.2) is 0 Å². The molecular weight excluding hydrogens is 140 g/mol. The first-order valence-electron chi connectivity index (χ1n) is 2.32. The van der Waals surface area contributed by atoms with Crippen LogP contribution in [-0.2, 0) is 0 Å². The first kappa shape index (κ1) is 6.15. The molecule has 0 radical (unpaired) electrons. The van der Waals surface area contributed by atoms with Crippen molar-refractivity contribution in [2.75, 3.05) is 0 Å². The zero-order chi connectivity index (χ0) is 6.85. The first-order chi connectivity index (χ1) is 4.22. The fourth-order valence-corrected chi connectivity index (χ4v) is 1.21. The van der Waals surface area contributed by atoms with E-state index in [9.17, 15) is 10.1 Å². The number of rotatable bonds is 1. The summed E-state index contributed by atoms with van der Waals surface area (Å²) in [7, 11) is 0. The highest BCUT2D eigenvalue weighted by molar-refractivity contribution is 6.99. The number of aromatic nitrogens is 1. The van der Waals surface area contributed by atoms with Crippen LogP contribution >= 0.6 is 11.5 Å². The van der Waals surface area contributed by atoms with Gasteiger partial charge in [0.1, 0.15) is 16.9 Å². The van der Waals surface area contributed by atoms with Crippen LogP contribution in [0.5, 0.6) is 0 Å². The Morgan fingerprint density at radius 1 is 1.89 bits per heavy atom. The van der Waals surface area contributed by atoms with Gasteiger partial charge >= 0.3 is 5.69 Å². The number of nitrogens with one attached hydrogen (secondary N) is 1. The highest BCUT2D eigenvalue weighted by Crippen LogP contribution is 2.13. The molecule has 1 rings (SSSR count). The molecule has 0 saturated carbocycles. The molecule has 0 aliphatic rings. The number of hydrogen-bond donors (Lipinski definition) is 0. The number of nitrogens with zero attached hydrogens (tertiary/aromatic N) is 1. The molecular formula is C4H5N2O2S+. The standard InChI is InChI=1S/C4H4N2O2S/c1-3-4(6(7)8)2-9-5-3/h2H,1H3/p+1. The third-order valence-corrected chi connectivity index (χ3v) is 1.73. The van der Waals surface area contributed by atoms with Gasteiger partial charge in [-0.2, -0.15) is 0 Å². The monoisotopic (exact) mass is 145 g/mol. The Morgan fingerprint density at radius 3 is 2.78 bits per heavy atom. The van der Waals surface area contributed by atoms with Crippen LogP contribution in [0, 0.1) is 17.0 Å². The van der Waals surface area contributed by atoms with E-state index in [-0.39, 0.29) is 5.69 Å². The fraction of sp³-hybridized carbons (Fsp3) is 0.250. The van der Waals surface area contributed by atoms with E-state index in [4.69, 9.17) is 0 Å². The molecule has 1 N–H and O–H groups in total. The van der Waals surface area contributed by atoms with Gasteiger partial charge in [0.05, 0.1) is 4.92 Å². The number of aromatic amines is 1. The van der Waals surface area contributed by atoms with Gasteiger partial charge < -0.3 is 0 Å². The van der Waals surface area contributed by atoms with E-state index in [0.29, 0.717) is 5.69 Å². The van der Waals surface area contributed by atoms with Gasteiger partial charge in [-0.1, -0.05) is 0 Å². The maximum Gasteiger partial charge on any atom is 0.351 e. The van der Waals surface area contributed by atoms with Crippen LogP contribution in [0.4, 0.5) is 5.69 Å². The van der Waals surface area contributed by atoms with Crippen LogP contribution in [-0.4, -0.2) is 4.92 Å². The molecule has 0 saturated heterocycles. The number of nitro groups is 1. The molecule has 0 bridgehead atoms. The lowest BCUT2D eigenvalue weighted by atomic mass is 10.4. The molecule has 0 unspecified atom stereocenters. The summed E-state index contributed by atoms with van der Waals surface area (Å²) in [6.07, 6.45) is 0. The van der Waals surface area contributed by atoms with Crippen molar-refractivity contribution in [1.29, 1.82) is 0 Å². The highest BCUT2D eigenvalue weighted by atomic mass is 32.1. The van der Waals surface area contributed by atoms with Crippen molar-refractivity contribution >= 4 is 17.2 Å². The summed E-state index contributed by atoms with van der Waals surface area (Å²) in [4.78, 5) is 9.67. The predicted octanol–water partition coefficient (Wildman–Crippen LogP) is 0.779. The molecule has 0 fully saturated rings. The molecule has 0 atom stereocenters. The molecule has 0 amide bonds. The number of H-pyrrole nitrogens is 1. The third kappa shape index (κ3) is 1.05. The lowest BCUT2D eigenvalue weighted by Crippen LogP contribution is -1.98. The Bertz CT molecular complexity index is 232. The topological polar surface area (TPSA) is 57.3 Å². The Morgan fingerprint density at radius 2 is 2.56 bits per heavy atom. The average Bonchev–Trinajstić information content (AvgIpc) is 2.13. The lowest BCUT2D eigenvalue weighted by Gasteiger charge is -1.78. The minimum absolute atomic E-state index is 0.167. The smallest absolute Gasteiger partial charge is 0.258 e. The van der Waals surface area contributed by atoms with Gasteiger partial charge in [0.25, 0.3) is 5.69 Å². The van der Waals surface area contributed by atoms with Crippen molar-refractivity contribution in [2.24, 2.45) is 0 Å². The average molecular weight is 145 g/mol. The van der Waals surface area contributed by atoms with Crippen molar-refractivity contribution in [3.63, 3.8) is 0 Å². The first-order valence-corrected chi connectivity index (χ1v) is 3.20. The minimum atomic E-state index is -0.400. The zero-order valence-electron chi connectivity index (χ0n) is 4.75. The predicted molar refractivity (Wildman–Crippen MR) is 32.3 cm³/mol. The second kappa shape index (κ2) is 2.10. The van der Waals surface area contributed by atoms with Crippen LogP contribution in [0.2, 0.25) is 0 Å². The second-order valence-corrected chi connectivity index (χ2v) is 2.28. The van der Waals surface area contributed by atoms with Gasteiger partial charge in [-0.3, -0.25) is 10.1 Å². The molecule has 48 valence electrons. The van der Waals surface area contributed by atoms with E-state index in [1.807, 2.05) is 0 Å². The van der Waals surface area contributed by atoms with E-state index in [1.165, 1.54) is 16.9 Å². The summed E-state index contributed by atoms with van der Waals surface area (Å²) < 4.78 is 2.75. The number of aryl methyl sites for hydroxylation is 1. The van der Waals surface area contributed by atoms with Crippen molar-refractivity contribution in [2.45, 2.75) is 6.92 Å². The van der Waals surface area contributed by atoms with Crippen molar-refractivity contribution in [1.82, 2.24) is 0 Å². The molecule has 9 heavy (non-hydrogen) atoms. The van der Waals surface area contributed by atoms with Gasteiger partial charge in [0.2, 0.25) is 0 Å². The van der Waals surface area contributed by atoms with Crippen LogP contribution in [0.3, 0.4) is 0 Å². The van der Waals surface area contributed by atoms with E-state index in [0.717, 1.165) is 0 Å². The van der Waals surface area contributed by atoms with Gasteiger partial charge in [0, 0.05) is 6.92 Å². The summed E-state index contributed by atoms with van der Waals surface area (Å²) in [6.45, 7) is 1.68. The van der Waals surface area contributed by atoms with Crippen molar-refractivity contribution in [3.05, 3.63) is 21.2 Å². The Balaban J connectivity index is 3.08. The van der Waals surface area contributed by atoms with Crippen LogP contribution in [0.15, 0.2) is 5.38 Å². The minimum Gasteiger partial charge on any atom is -0.258 e. The lowest BCUT2D eigenvalue weighted by molar-refractivity contribution is -0.397. The summed E-state index contributed by atoms with van der Waals surface area (Å²) in [6, 6.07) is 0. The van der Waals surface area contributed by atoms with E-state index in [1.54, 1.807) is 6.92 Å². The summed E-state index contributed by atoms with van der Waals surface area (Å²) in [5, 5.41) is 11.6. The largest absolute Gasteiger partial charge is 0.351 e. The summed E-state index contributed by atoms with van der Waals surface area (Å²) in [5.41, 5.74) is 0.782. The Kier molecular flexibility index (Phi) is 1.44. The zero-order valence-corrected chi connectivity index (χ0v) is 5.57.